The van der Waals surface area contributed by atoms with E-state index in [1.807, 2.05) is 0 Å². The zero-order valence-corrected chi connectivity index (χ0v) is 16.1. The van der Waals surface area contributed by atoms with E-state index in [1.165, 1.54) is 6.20 Å². The number of nitrogens with one attached hydrogen (secondary N) is 3. The van der Waals surface area contributed by atoms with Crippen LogP contribution in [0.5, 0.6) is 0 Å². The highest BCUT2D eigenvalue weighted by Gasteiger charge is 2.37. The molecule has 2 aliphatic rings. The molecular formula is C19H23F3N6O. The lowest BCUT2D eigenvalue weighted by molar-refractivity contribution is -0.137. The minimum Gasteiger partial charge on any atom is -0.356 e. The number of fused-ring (bicyclic) bond motifs is 1. The fraction of sp³-hybridized carbons (Fsp3) is 0.526. The van der Waals surface area contributed by atoms with Gasteiger partial charge in [0.15, 0.2) is 0 Å². The number of hydrogen-bond acceptors (Lipinski definition) is 5. The van der Waals surface area contributed by atoms with E-state index in [0.29, 0.717) is 42.8 Å². The molecule has 2 aliphatic heterocycles. The molecule has 156 valence electrons. The van der Waals surface area contributed by atoms with Gasteiger partial charge in [0.1, 0.15) is 11.3 Å². The highest BCUT2D eigenvalue weighted by atomic mass is 19.4. The normalized spacial score (nSPS) is 20.3. The Hall–Kier alpha value is -2.62. The topological polar surface area (TPSA) is 85.9 Å². The van der Waals surface area contributed by atoms with Crippen molar-refractivity contribution in [1.29, 1.82) is 0 Å². The Balaban J connectivity index is 1.76. The zero-order chi connectivity index (χ0) is 20.6. The Morgan fingerprint density at radius 1 is 1.31 bits per heavy atom. The van der Waals surface area contributed by atoms with Crippen LogP contribution in [0, 0.1) is 0 Å². The number of aromatic nitrogens is 3. The second kappa shape index (κ2) is 7.66. The summed E-state index contributed by atoms with van der Waals surface area (Å²) in [5.41, 5.74) is 0.111. The number of aromatic amines is 1. The first-order valence-corrected chi connectivity index (χ1v) is 9.72. The third-order valence-corrected chi connectivity index (χ3v) is 5.45. The summed E-state index contributed by atoms with van der Waals surface area (Å²) >= 11 is 0. The number of amides is 1. The Bertz CT molecular complexity index is 904. The second-order valence-corrected chi connectivity index (χ2v) is 7.53. The molecule has 29 heavy (non-hydrogen) atoms. The molecule has 1 amide bonds. The van der Waals surface area contributed by atoms with Crippen molar-refractivity contribution in [2.24, 2.45) is 0 Å². The van der Waals surface area contributed by atoms with E-state index in [-0.39, 0.29) is 23.6 Å². The van der Waals surface area contributed by atoms with Gasteiger partial charge in [0.25, 0.3) is 5.91 Å². The molecule has 10 heteroatoms. The lowest BCUT2D eigenvalue weighted by Crippen LogP contribution is -2.38. The van der Waals surface area contributed by atoms with Gasteiger partial charge in [-0.1, -0.05) is 0 Å². The highest BCUT2D eigenvalue weighted by molar-refractivity contribution is 5.96. The highest BCUT2D eigenvalue weighted by Crippen LogP contribution is 2.39. The summed E-state index contributed by atoms with van der Waals surface area (Å²) in [6.07, 6.45) is 0.720. The molecule has 1 fully saturated rings. The molecule has 0 radical (unpaired) electrons. The minimum atomic E-state index is -4.60. The van der Waals surface area contributed by atoms with Crippen LogP contribution >= 0.6 is 0 Å². The van der Waals surface area contributed by atoms with Gasteiger partial charge in [-0.15, -0.1) is 0 Å². The van der Waals surface area contributed by atoms with Crippen LogP contribution in [0.3, 0.4) is 0 Å². The number of anilines is 1. The quantitative estimate of drug-likeness (QED) is 0.727. The maximum Gasteiger partial charge on any atom is 0.419 e. The maximum atomic E-state index is 13.7. The minimum absolute atomic E-state index is 0.0619. The van der Waals surface area contributed by atoms with Crippen molar-refractivity contribution < 1.29 is 18.0 Å². The first kappa shape index (κ1) is 19.7. The number of nitrogens with zero attached hydrogens (tertiary/aromatic N) is 3. The van der Waals surface area contributed by atoms with Gasteiger partial charge in [0, 0.05) is 44.1 Å². The molecule has 0 aliphatic carbocycles. The van der Waals surface area contributed by atoms with Crippen LogP contribution in [0.4, 0.5) is 19.1 Å². The summed E-state index contributed by atoms with van der Waals surface area (Å²) in [7, 11) is 1.68. The molecule has 4 rings (SSSR count). The van der Waals surface area contributed by atoms with Crippen LogP contribution in [0.2, 0.25) is 0 Å². The van der Waals surface area contributed by atoms with E-state index in [2.05, 4.69) is 25.6 Å². The molecule has 0 spiro atoms. The first-order chi connectivity index (χ1) is 13.8. The van der Waals surface area contributed by atoms with Gasteiger partial charge in [-0.2, -0.15) is 13.2 Å². The van der Waals surface area contributed by atoms with Crippen LogP contribution in [-0.4, -0.2) is 58.5 Å². The van der Waals surface area contributed by atoms with E-state index in [9.17, 15) is 18.0 Å². The van der Waals surface area contributed by atoms with E-state index in [1.54, 1.807) is 11.9 Å². The van der Waals surface area contributed by atoms with Gasteiger partial charge >= 0.3 is 6.18 Å². The van der Waals surface area contributed by atoms with Crippen LogP contribution in [-0.2, 0) is 12.6 Å². The lowest BCUT2D eigenvalue weighted by Gasteiger charge is -2.24. The van der Waals surface area contributed by atoms with Gasteiger partial charge in [-0.25, -0.2) is 9.97 Å². The average molecular weight is 408 g/mol. The number of halogens is 3. The molecule has 7 nitrogen and oxygen atoms in total. The Kier molecular flexibility index (Phi) is 5.20. The number of hydrogen-bond donors (Lipinski definition) is 3. The van der Waals surface area contributed by atoms with Gasteiger partial charge in [0.2, 0.25) is 5.95 Å². The van der Waals surface area contributed by atoms with Gasteiger partial charge in [0.05, 0.1) is 5.69 Å². The van der Waals surface area contributed by atoms with Crippen LogP contribution in [0.15, 0.2) is 12.4 Å². The number of H-pyrrole nitrogens is 1. The maximum absolute atomic E-state index is 13.7. The monoisotopic (exact) mass is 408 g/mol. The van der Waals surface area contributed by atoms with Gasteiger partial charge in [-0.05, 0) is 37.8 Å². The van der Waals surface area contributed by atoms with E-state index in [0.717, 1.165) is 25.6 Å². The molecule has 0 bridgehead atoms. The smallest absolute Gasteiger partial charge is 0.356 e. The Morgan fingerprint density at radius 2 is 2.14 bits per heavy atom. The van der Waals surface area contributed by atoms with E-state index < -0.39 is 11.7 Å². The number of rotatable bonds is 3. The third kappa shape index (κ3) is 3.93. The Labute approximate surface area is 166 Å². The third-order valence-electron chi connectivity index (χ3n) is 5.45. The Morgan fingerprint density at radius 3 is 2.86 bits per heavy atom. The number of carbonyl (C=O) groups excluding carboxylic acids is 1. The van der Waals surface area contributed by atoms with Crippen molar-refractivity contribution >= 4 is 11.9 Å². The summed E-state index contributed by atoms with van der Waals surface area (Å²) in [6.45, 7) is 2.19. The summed E-state index contributed by atoms with van der Waals surface area (Å²) < 4.78 is 41.1. The van der Waals surface area contributed by atoms with Crippen LogP contribution < -0.4 is 10.6 Å². The fourth-order valence-corrected chi connectivity index (χ4v) is 3.92. The first-order valence-electron chi connectivity index (χ1n) is 9.72. The molecule has 3 N–H and O–H groups in total. The SMILES string of the molecule is CN1CCCc2c(-c3nc(NC4CCCNC4)ncc3C(F)(F)F)c[nH]c2C1=O. The van der Waals surface area contributed by atoms with Crippen LogP contribution in [0.25, 0.3) is 11.3 Å². The van der Waals surface area contributed by atoms with E-state index >= 15 is 0 Å². The molecule has 1 unspecified atom stereocenters. The fourth-order valence-electron chi connectivity index (χ4n) is 3.92. The summed E-state index contributed by atoms with van der Waals surface area (Å²) in [5.74, 6) is -0.0632. The summed E-state index contributed by atoms with van der Waals surface area (Å²) in [4.78, 5) is 25.1. The van der Waals surface area contributed by atoms with Crippen molar-refractivity contribution in [2.45, 2.75) is 37.9 Å². The molecule has 0 saturated carbocycles. The molecule has 0 aromatic carbocycles. The average Bonchev–Trinajstić information content (AvgIpc) is 3.05. The predicted molar refractivity (Wildman–Crippen MR) is 102 cm³/mol. The van der Waals surface area contributed by atoms with Gasteiger partial charge < -0.3 is 20.5 Å². The second-order valence-electron chi connectivity index (χ2n) is 7.53. The standard InChI is InChI=1S/C19H23F3N6O/c1-28-7-3-5-12-13(9-24-16(12)17(28)29)15-14(19(20,21)22)10-25-18(27-15)26-11-4-2-6-23-8-11/h9-11,23-24H,2-8H2,1H3,(H,25,26,27). The summed E-state index contributed by atoms with van der Waals surface area (Å²) in [5, 5.41) is 6.38. The largest absolute Gasteiger partial charge is 0.419 e. The number of carbonyl (C=O) groups is 1. The van der Waals surface area contributed by atoms with Crippen molar-refractivity contribution in [1.82, 2.24) is 25.2 Å². The molecule has 2 aromatic rings. The van der Waals surface area contributed by atoms with Crippen molar-refractivity contribution in [2.75, 3.05) is 32.0 Å². The predicted octanol–water partition coefficient (Wildman–Crippen LogP) is 2.67. The number of alkyl halides is 3. The van der Waals surface area contributed by atoms with E-state index in [4.69, 9.17) is 0 Å². The number of piperidine rings is 1. The van der Waals surface area contributed by atoms with Crippen molar-refractivity contribution in [3.05, 3.63) is 29.2 Å². The summed E-state index contributed by atoms with van der Waals surface area (Å²) in [6, 6.07) is 0.0619. The molecule has 2 aromatic heterocycles. The van der Waals surface area contributed by atoms with Crippen molar-refractivity contribution in [3.63, 3.8) is 0 Å². The lowest BCUT2D eigenvalue weighted by atomic mass is 10.0. The van der Waals surface area contributed by atoms with Crippen LogP contribution in [0.1, 0.15) is 40.9 Å². The molecule has 4 heterocycles. The van der Waals surface area contributed by atoms with Crippen molar-refractivity contribution in [3.8, 4) is 11.3 Å². The zero-order valence-electron chi connectivity index (χ0n) is 16.1. The molecular weight excluding hydrogens is 385 g/mol. The molecule has 1 saturated heterocycles. The molecule has 1 atom stereocenters. The van der Waals surface area contributed by atoms with Gasteiger partial charge in [-0.3, -0.25) is 4.79 Å².